The molecule has 2 rings (SSSR count). The fourth-order valence-electron chi connectivity index (χ4n) is 2.63. The van der Waals surface area contributed by atoms with E-state index in [1.807, 2.05) is 19.1 Å². The Morgan fingerprint density at radius 3 is 2.79 bits per heavy atom. The van der Waals surface area contributed by atoms with Crippen molar-refractivity contribution in [3.8, 4) is 0 Å². The minimum absolute atomic E-state index is 0.0760. The van der Waals surface area contributed by atoms with Gasteiger partial charge in [0.2, 0.25) is 0 Å². The second-order valence-electron chi connectivity index (χ2n) is 5.64. The Balaban J connectivity index is 1.93. The maximum absolute atomic E-state index is 12.1. The number of carbonyl (C=O) groups is 1. The van der Waals surface area contributed by atoms with Crippen LogP contribution in [0.1, 0.15) is 50.0 Å². The molecular weight excluding hydrogens is 238 g/mol. The van der Waals surface area contributed by atoms with Crippen molar-refractivity contribution in [1.29, 1.82) is 0 Å². The van der Waals surface area contributed by atoms with Crippen molar-refractivity contribution in [2.75, 3.05) is 18.4 Å². The molecular formula is C15H23N3O. The Kier molecular flexibility index (Phi) is 4.40. The van der Waals surface area contributed by atoms with Crippen LogP contribution in [-0.4, -0.2) is 24.0 Å². The highest BCUT2D eigenvalue weighted by atomic mass is 16.1. The Bertz CT molecular complexity index is 439. The van der Waals surface area contributed by atoms with Gasteiger partial charge in [-0.25, -0.2) is 4.98 Å². The summed E-state index contributed by atoms with van der Waals surface area (Å²) in [5.74, 6) is 0.676. The first-order valence-corrected chi connectivity index (χ1v) is 7.12. The molecule has 0 spiro atoms. The monoisotopic (exact) mass is 261 g/mol. The first-order chi connectivity index (χ1) is 9.13. The standard InChI is InChI=1S/C15H23N3O/c1-3-16-13-8-6-7-12(18-13)14(19)17-11-15(2)9-4-5-10-15/h6-8H,3-5,9-11H2,1-2H3,(H,16,18)(H,17,19). The van der Waals surface area contributed by atoms with Crippen LogP contribution in [0, 0.1) is 5.41 Å². The fourth-order valence-corrected chi connectivity index (χ4v) is 2.63. The van der Waals surface area contributed by atoms with Crippen molar-refractivity contribution in [3.63, 3.8) is 0 Å². The molecule has 104 valence electrons. The van der Waals surface area contributed by atoms with E-state index in [0.717, 1.165) is 18.9 Å². The van der Waals surface area contributed by atoms with Gasteiger partial charge < -0.3 is 10.6 Å². The second kappa shape index (κ2) is 6.04. The third kappa shape index (κ3) is 3.69. The van der Waals surface area contributed by atoms with Crippen molar-refractivity contribution in [2.45, 2.75) is 39.5 Å². The van der Waals surface area contributed by atoms with Crippen LogP contribution in [0.4, 0.5) is 5.82 Å². The smallest absolute Gasteiger partial charge is 0.269 e. The van der Waals surface area contributed by atoms with E-state index in [1.54, 1.807) is 6.07 Å². The van der Waals surface area contributed by atoms with Gasteiger partial charge in [0, 0.05) is 13.1 Å². The highest BCUT2D eigenvalue weighted by Gasteiger charge is 2.29. The van der Waals surface area contributed by atoms with E-state index in [0.29, 0.717) is 5.69 Å². The SMILES string of the molecule is CCNc1cccc(C(=O)NCC2(C)CCCC2)n1. The quantitative estimate of drug-likeness (QED) is 0.857. The molecule has 0 saturated heterocycles. The van der Waals surface area contributed by atoms with Crippen LogP contribution in [0.15, 0.2) is 18.2 Å². The molecule has 0 aliphatic heterocycles. The lowest BCUT2D eigenvalue weighted by Crippen LogP contribution is -2.34. The third-order valence-electron chi connectivity index (χ3n) is 3.83. The number of hydrogen-bond acceptors (Lipinski definition) is 3. The molecule has 1 aliphatic carbocycles. The van der Waals surface area contributed by atoms with Crippen LogP contribution in [0.3, 0.4) is 0 Å². The molecule has 1 saturated carbocycles. The van der Waals surface area contributed by atoms with Gasteiger partial charge in [-0.1, -0.05) is 25.8 Å². The van der Waals surface area contributed by atoms with Crippen molar-refractivity contribution in [1.82, 2.24) is 10.3 Å². The minimum Gasteiger partial charge on any atom is -0.370 e. The lowest BCUT2D eigenvalue weighted by molar-refractivity contribution is 0.0929. The van der Waals surface area contributed by atoms with Crippen LogP contribution in [0.5, 0.6) is 0 Å². The summed E-state index contributed by atoms with van der Waals surface area (Å²) < 4.78 is 0. The lowest BCUT2D eigenvalue weighted by atomic mass is 9.89. The van der Waals surface area contributed by atoms with Gasteiger partial charge in [-0.3, -0.25) is 4.79 Å². The fraction of sp³-hybridized carbons (Fsp3) is 0.600. The minimum atomic E-state index is -0.0760. The van der Waals surface area contributed by atoms with E-state index >= 15 is 0 Å². The summed E-state index contributed by atoms with van der Waals surface area (Å²) in [6, 6.07) is 5.49. The second-order valence-corrected chi connectivity index (χ2v) is 5.64. The Hall–Kier alpha value is -1.58. The van der Waals surface area contributed by atoms with Crippen LogP contribution in [0.2, 0.25) is 0 Å². The molecule has 19 heavy (non-hydrogen) atoms. The van der Waals surface area contributed by atoms with Gasteiger partial charge in [-0.05, 0) is 37.3 Å². The molecule has 1 aromatic heterocycles. The summed E-state index contributed by atoms with van der Waals surface area (Å²) in [4.78, 5) is 16.4. The third-order valence-corrected chi connectivity index (χ3v) is 3.83. The molecule has 1 heterocycles. The molecule has 1 amide bonds. The van der Waals surface area contributed by atoms with Crippen molar-refractivity contribution >= 4 is 11.7 Å². The molecule has 0 atom stereocenters. The lowest BCUT2D eigenvalue weighted by Gasteiger charge is -2.23. The summed E-state index contributed by atoms with van der Waals surface area (Å²) in [6.45, 7) is 5.81. The summed E-state index contributed by atoms with van der Waals surface area (Å²) >= 11 is 0. The topological polar surface area (TPSA) is 54.0 Å². The van der Waals surface area contributed by atoms with E-state index in [1.165, 1.54) is 25.7 Å². The Morgan fingerprint density at radius 1 is 1.37 bits per heavy atom. The van der Waals surface area contributed by atoms with E-state index in [4.69, 9.17) is 0 Å². The predicted octanol–water partition coefficient (Wildman–Crippen LogP) is 2.82. The van der Waals surface area contributed by atoms with E-state index in [-0.39, 0.29) is 11.3 Å². The maximum atomic E-state index is 12.1. The molecule has 2 N–H and O–H groups in total. The Morgan fingerprint density at radius 2 is 2.11 bits per heavy atom. The van der Waals surface area contributed by atoms with Crippen LogP contribution >= 0.6 is 0 Å². The number of aromatic nitrogens is 1. The molecule has 0 radical (unpaired) electrons. The Labute approximate surface area is 115 Å². The van der Waals surface area contributed by atoms with E-state index in [2.05, 4.69) is 22.5 Å². The van der Waals surface area contributed by atoms with E-state index < -0.39 is 0 Å². The number of hydrogen-bond donors (Lipinski definition) is 2. The van der Waals surface area contributed by atoms with Gasteiger partial charge in [0.05, 0.1) is 0 Å². The molecule has 0 bridgehead atoms. The zero-order chi connectivity index (χ0) is 13.7. The maximum Gasteiger partial charge on any atom is 0.269 e. The molecule has 1 fully saturated rings. The normalized spacial score (nSPS) is 17.2. The summed E-state index contributed by atoms with van der Waals surface area (Å²) in [6.07, 6.45) is 4.97. The summed E-state index contributed by atoms with van der Waals surface area (Å²) in [5, 5.41) is 6.14. The van der Waals surface area contributed by atoms with Gasteiger partial charge in [0.25, 0.3) is 5.91 Å². The van der Waals surface area contributed by atoms with Gasteiger partial charge in [0.15, 0.2) is 0 Å². The van der Waals surface area contributed by atoms with Gasteiger partial charge in [0.1, 0.15) is 11.5 Å². The molecule has 0 aromatic carbocycles. The van der Waals surface area contributed by atoms with Gasteiger partial charge >= 0.3 is 0 Å². The summed E-state index contributed by atoms with van der Waals surface area (Å²) in [5.41, 5.74) is 0.759. The van der Waals surface area contributed by atoms with Gasteiger partial charge in [-0.2, -0.15) is 0 Å². The van der Waals surface area contributed by atoms with Crippen molar-refractivity contribution in [3.05, 3.63) is 23.9 Å². The number of pyridine rings is 1. The highest BCUT2D eigenvalue weighted by Crippen LogP contribution is 2.36. The summed E-state index contributed by atoms with van der Waals surface area (Å²) in [7, 11) is 0. The number of nitrogens with zero attached hydrogens (tertiary/aromatic N) is 1. The largest absolute Gasteiger partial charge is 0.370 e. The van der Waals surface area contributed by atoms with E-state index in [9.17, 15) is 4.79 Å². The highest BCUT2D eigenvalue weighted by molar-refractivity contribution is 5.92. The van der Waals surface area contributed by atoms with Crippen molar-refractivity contribution < 1.29 is 4.79 Å². The predicted molar refractivity (Wildman–Crippen MR) is 77.3 cm³/mol. The van der Waals surface area contributed by atoms with Crippen LogP contribution in [-0.2, 0) is 0 Å². The molecule has 1 aromatic rings. The zero-order valence-corrected chi connectivity index (χ0v) is 11.8. The number of anilines is 1. The molecule has 4 nitrogen and oxygen atoms in total. The average molecular weight is 261 g/mol. The number of nitrogens with one attached hydrogen (secondary N) is 2. The number of amides is 1. The van der Waals surface area contributed by atoms with Crippen LogP contribution in [0.25, 0.3) is 0 Å². The van der Waals surface area contributed by atoms with Gasteiger partial charge in [-0.15, -0.1) is 0 Å². The van der Waals surface area contributed by atoms with Crippen LogP contribution < -0.4 is 10.6 Å². The molecule has 0 unspecified atom stereocenters. The number of rotatable bonds is 5. The zero-order valence-electron chi connectivity index (χ0n) is 11.8. The average Bonchev–Trinajstić information content (AvgIpc) is 2.84. The molecule has 4 heteroatoms. The first-order valence-electron chi connectivity index (χ1n) is 7.12. The molecule has 1 aliphatic rings. The number of carbonyl (C=O) groups excluding carboxylic acids is 1. The first kappa shape index (κ1) is 13.8. The van der Waals surface area contributed by atoms with Crippen molar-refractivity contribution in [2.24, 2.45) is 5.41 Å².